The molecule has 98 valence electrons. The first-order chi connectivity index (χ1) is 8.49. The molecule has 1 aliphatic carbocycles. The maximum Gasteiger partial charge on any atom is 0.339 e. The number of carboxylic acids is 1. The third-order valence-corrected chi connectivity index (χ3v) is 3.69. The van der Waals surface area contributed by atoms with Gasteiger partial charge in [0.15, 0.2) is 0 Å². The number of rotatable bonds is 4. The van der Waals surface area contributed by atoms with Crippen molar-refractivity contribution < 1.29 is 9.90 Å². The number of nitrogens with zero attached hydrogens (tertiary/aromatic N) is 2. The predicted molar refractivity (Wildman–Crippen MR) is 71.3 cm³/mol. The van der Waals surface area contributed by atoms with Crippen LogP contribution < -0.4 is 4.90 Å². The summed E-state index contributed by atoms with van der Waals surface area (Å²) in [5, 5.41) is 9.32. The summed E-state index contributed by atoms with van der Waals surface area (Å²) >= 11 is 0. The van der Waals surface area contributed by atoms with Crippen LogP contribution in [0.3, 0.4) is 0 Å². The van der Waals surface area contributed by atoms with Gasteiger partial charge >= 0.3 is 5.97 Å². The first kappa shape index (κ1) is 12.9. The second kappa shape index (κ2) is 4.96. The lowest BCUT2D eigenvalue weighted by molar-refractivity contribution is 0.0696. The Balaban J connectivity index is 2.31. The number of hydrogen-bond acceptors (Lipinski definition) is 3. The molecule has 18 heavy (non-hydrogen) atoms. The van der Waals surface area contributed by atoms with E-state index in [0.717, 1.165) is 17.9 Å². The van der Waals surface area contributed by atoms with Gasteiger partial charge in [-0.15, -0.1) is 0 Å². The second-order valence-corrected chi connectivity index (χ2v) is 5.23. The summed E-state index contributed by atoms with van der Waals surface area (Å²) in [6.07, 6.45) is 3.82. The van der Waals surface area contributed by atoms with Crippen LogP contribution in [0.25, 0.3) is 0 Å². The fraction of sp³-hybridized carbons (Fsp3) is 0.571. The monoisotopic (exact) mass is 248 g/mol. The highest BCUT2D eigenvalue weighted by Crippen LogP contribution is 2.30. The third kappa shape index (κ3) is 2.47. The van der Waals surface area contributed by atoms with E-state index in [-0.39, 0.29) is 0 Å². The van der Waals surface area contributed by atoms with Crippen molar-refractivity contribution in [1.29, 1.82) is 0 Å². The van der Waals surface area contributed by atoms with Crippen molar-refractivity contribution in [3.05, 3.63) is 23.0 Å². The van der Waals surface area contributed by atoms with Crippen molar-refractivity contribution in [2.45, 2.75) is 33.1 Å². The van der Waals surface area contributed by atoms with Crippen LogP contribution in [-0.2, 0) is 0 Å². The fourth-order valence-corrected chi connectivity index (χ4v) is 2.53. The number of carbonyl (C=O) groups is 1. The summed E-state index contributed by atoms with van der Waals surface area (Å²) in [5.41, 5.74) is 2.59. The molecular formula is C14H20N2O2. The van der Waals surface area contributed by atoms with Crippen LogP contribution in [0.15, 0.2) is 6.07 Å². The van der Waals surface area contributed by atoms with Gasteiger partial charge in [0.1, 0.15) is 5.56 Å². The molecule has 1 fully saturated rings. The average molecular weight is 248 g/mol. The molecule has 1 N–H and O–H groups in total. The highest BCUT2D eigenvalue weighted by atomic mass is 16.4. The highest BCUT2D eigenvalue weighted by molar-refractivity contribution is 5.95. The van der Waals surface area contributed by atoms with E-state index in [1.807, 2.05) is 20.0 Å². The number of anilines is 1. The first-order valence-electron chi connectivity index (χ1n) is 6.41. The van der Waals surface area contributed by atoms with Gasteiger partial charge in [0.25, 0.3) is 0 Å². The van der Waals surface area contributed by atoms with E-state index >= 15 is 0 Å². The Hall–Kier alpha value is -1.58. The number of aromatic nitrogens is 1. The molecule has 0 aromatic carbocycles. The standard InChI is InChI=1S/C14H20N2O2/c1-9-7-12(13(14(17)18)10(2)15-9)16(3)8-11-5-4-6-11/h7,11H,4-6,8H2,1-3H3,(H,17,18). The van der Waals surface area contributed by atoms with E-state index in [9.17, 15) is 9.90 Å². The van der Waals surface area contributed by atoms with Crippen molar-refractivity contribution in [3.63, 3.8) is 0 Å². The Morgan fingerprint density at radius 3 is 2.67 bits per heavy atom. The molecule has 1 heterocycles. The van der Waals surface area contributed by atoms with Crippen LogP contribution in [0.4, 0.5) is 5.69 Å². The van der Waals surface area contributed by atoms with Crippen molar-refractivity contribution in [3.8, 4) is 0 Å². The van der Waals surface area contributed by atoms with Crippen LogP contribution in [0.2, 0.25) is 0 Å². The summed E-state index contributed by atoms with van der Waals surface area (Å²) < 4.78 is 0. The van der Waals surface area contributed by atoms with Crippen LogP contribution in [-0.4, -0.2) is 29.7 Å². The van der Waals surface area contributed by atoms with Gasteiger partial charge in [-0.05, 0) is 38.7 Å². The lowest BCUT2D eigenvalue weighted by Crippen LogP contribution is -2.30. The summed E-state index contributed by atoms with van der Waals surface area (Å²) in [7, 11) is 1.97. The summed E-state index contributed by atoms with van der Waals surface area (Å²) in [5.74, 6) is -0.180. The van der Waals surface area contributed by atoms with Gasteiger partial charge in [-0.3, -0.25) is 4.98 Å². The second-order valence-electron chi connectivity index (χ2n) is 5.23. The minimum Gasteiger partial charge on any atom is -0.478 e. The molecule has 0 unspecified atom stereocenters. The van der Waals surface area contributed by atoms with E-state index in [1.165, 1.54) is 19.3 Å². The van der Waals surface area contributed by atoms with Crippen LogP contribution in [0.5, 0.6) is 0 Å². The molecule has 0 spiro atoms. The zero-order valence-corrected chi connectivity index (χ0v) is 11.2. The molecule has 1 aromatic heterocycles. The molecule has 1 saturated carbocycles. The number of carboxylic acid groups (broad SMARTS) is 1. The van der Waals surface area contributed by atoms with Crippen molar-refractivity contribution in [1.82, 2.24) is 4.98 Å². The van der Waals surface area contributed by atoms with E-state index in [2.05, 4.69) is 9.88 Å². The smallest absolute Gasteiger partial charge is 0.339 e. The van der Waals surface area contributed by atoms with E-state index in [1.54, 1.807) is 6.92 Å². The third-order valence-electron chi connectivity index (χ3n) is 3.69. The minimum absolute atomic E-state index is 0.336. The van der Waals surface area contributed by atoms with Gasteiger partial charge in [-0.25, -0.2) is 4.79 Å². The zero-order chi connectivity index (χ0) is 13.3. The number of pyridine rings is 1. The van der Waals surface area contributed by atoms with Gasteiger partial charge in [0.05, 0.1) is 11.4 Å². The molecule has 0 atom stereocenters. The van der Waals surface area contributed by atoms with Crippen LogP contribution in [0.1, 0.15) is 41.0 Å². The maximum absolute atomic E-state index is 11.4. The number of aromatic carboxylic acids is 1. The summed E-state index contributed by atoms with van der Waals surface area (Å²) in [6, 6.07) is 1.87. The molecule has 4 nitrogen and oxygen atoms in total. The van der Waals surface area contributed by atoms with Crippen molar-refractivity contribution >= 4 is 11.7 Å². The lowest BCUT2D eigenvalue weighted by atomic mass is 9.85. The predicted octanol–water partition coefficient (Wildman–Crippen LogP) is 2.63. The molecule has 0 radical (unpaired) electrons. The topological polar surface area (TPSA) is 53.4 Å². The Morgan fingerprint density at radius 2 is 2.17 bits per heavy atom. The molecule has 1 aliphatic rings. The van der Waals surface area contributed by atoms with Crippen LogP contribution in [0, 0.1) is 19.8 Å². The summed E-state index contributed by atoms with van der Waals surface area (Å²) in [6.45, 7) is 4.60. The van der Waals surface area contributed by atoms with E-state index in [0.29, 0.717) is 17.2 Å². The highest BCUT2D eigenvalue weighted by Gasteiger charge is 2.23. The molecule has 4 heteroatoms. The average Bonchev–Trinajstić information content (AvgIpc) is 2.21. The quantitative estimate of drug-likeness (QED) is 0.890. The number of hydrogen-bond donors (Lipinski definition) is 1. The Labute approximate surface area is 108 Å². The van der Waals surface area contributed by atoms with Crippen molar-refractivity contribution in [2.24, 2.45) is 5.92 Å². The van der Waals surface area contributed by atoms with Gasteiger partial charge in [0.2, 0.25) is 0 Å². The van der Waals surface area contributed by atoms with E-state index in [4.69, 9.17) is 0 Å². The Morgan fingerprint density at radius 1 is 1.50 bits per heavy atom. The molecule has 0 bridgehead atoms. The van der Waals surface area contributed by atoms with Crippen LogP contribution >= 0.6 is 0 Å². The summed E-state index contributed by atoms with van der Waals surface area (Å²) in [4.78, 5) is 17.7. The maximum atomic E-state index is 11.4. The Kier molecular flexibility index (Phi) is 3.55. The zero-order valence-electron chi connectivity index (χ0n) is 11.2. The number of aryl methyl sites for hydroxylation is 2. The molecule has 2 rings (SSSR count). The van der Waals surface area contributed by atoms with Gasteiger partial charge in [0, 0.05) is 19.3 Å². The molecular weight excluding hydrogens is 228 g/mol. The van der Waals surface area contributed by atoms with Gasteiger partial charge in [-0.1, -0.05) is 6.42 Å². The Bertz CT molecular complexity index is 467. The molecule has 0 saturated heterocycles. The molecule has 0 amide bonds. The molecule has 1 aromatic rings. The van der Waals surface area contributed by atoms with Gasteiger partial charge in [-0.2, -0.15) is 0 Å². The molecule has 0 aliphatic heterocycles. The van der Waals surface area contributed by atoms with Crippen molar-refractivity contribution in [2.75, 3.05) is 18.5 Å². The fourth-order valence-electron chi connectivity index (χ4n) is 2.53. The van der Waals surface area contributed by atoms with Gasteiger partial charge < -0.3 is 10.0 Å². The minimum atomic E-state index is -0.893. The first-order valence-corrected chi connectivity index (χ1v) is 6.41. The largest absolute Gasteiger partial charge is 0.478 e. The van der Waals surface area contributed by atoms with E-state index < -0.39 is 5.97 Å². The lowest BCUT2D eigenvalue weighted by Gasteiger charge is -2.32. The normalized spacial score (nSPS) is 15.3. The SMILES string of the molecule is Cc1cc(N(C)CC2CCC2)c(C(=O)O)c(C)n1.